The Labute approximate surface area is 125 Å². The van der Waals surface area contributed by atoms with Crippen molar-refractivity contribution in [3.8, 4) is 0 Å². The maximum absolute atomic E-state index is 12.3. The normalized spacial score (nSPS) is 29.2. The number of aliphatic hydroxyl groups excluding tert-OH is 1. The van der Waals surface area contributed by atoms with Crippen LogP contribution in [0.2, 0.25) is 0 Å². The summed E-state index contributed by atoms with van der Waals surface area (Å²) in [6, 6.07) is -0.401. The summed E-state index contributed by atoms with van der Waals surface area (Å²) in [4.78, 5) is 11.4. The summed E-state index contributed by atoms with van der Waals surface area (Å²) in [5, 5.41) is 9.87. The molecule has 0 aromatic rings. The van der Waals surface area contributed by atoms with Crippen LogP contribution < -0.4 is 4.72 Å². The van der Waals surface area contributed by atoms with E-state index in [1.165, 1.54) is 11.4 Å². The Bertz CT molecular complexity index is 459. The summed E-state index contributed by atoms with van der Waals surface area (Å²) >= 11 is 0. The molecule has 0 aromatic heterocycles. The fraction of sp³-hybridized carbons (Fsp3) is 0.923. The molecule has 0 aromatic carbocycles. The molecule has 1 aliphatic carbocycles. The summed E-state index contributed by atoms with van der Waals surface area (Å²) in [6.07, 6.45) is 3.50. The zero-order valence-electron chi connectivity index (χ0n) is 12.3. The van der Waals surface area contributed by atoms with Crippen LogP contribution in [-0.2, 0) is 19.7 Å². The zero-order chi connectivity index (χ0) is 15.5. The van der Waals surface area contributed by atoms with E-state index < -0.39 is 22.4 Å². The number of piperidine rings is 1. The molecule has 0 radical (unpaired) electrons. The lowest BCUT2D eigenvalue weighted by Gasteiger charge is -2.33. The number of esters is 1. The first kappa shape index (κ1) is 16.7. The predicted molar refractivity (Wildman–Crippen MR) is 76.6 cm³/mol. The summed E-state index contributed by atoms with van der Waals surface area (Å²) in [6.45, 7) is 0.607. The van der Waals surface area contributed by atoms with E-state index in [0.717, 1.165) is 12.8 Å². The Morgan fingerprint density at radius 3 is 2.38 bits per heavy atom. The van der Waals surface area contributed by atoms with E-state index in [9.17, 15) is 18.3 Å². The quantitative estimate of drug-likeness (QED) is 0.711. The Kier molecular flexibility index (Phi) is 5.59. The fourth-order valence-electron chi connectivity index (χ4n) is 3.01. The lowest BCUT2D eigenvalue weighted by atomic mass is 9.93. The molecule has 0 spiro atoms. The standard InChI is InChI=1S/C13H24N2O5S/c1-20-13(17)10-6-8-15(9-7-10)21(18,19)14-11-4-2-3-5-12(11)16/h10-12,14,16H,2-9H2,1H3/t11-,12-/m0/s1. The van der Waals surface area contributed by atoms with Crippen LogP contribution in [0, 0.1) is 5.92 Å². The summed E-state index contributed by atoms with van der Waals surface area (Å²) in [5.41, 5.74) is 0. The van der Waals surface area contributed by atoms with Crippen LogP contribution in [-0.4, -0.2) is 56.1 Å². The maximum Gasteiger partial charge on any atom is 0.308 e. The molecule has 0 unspecified atom stereocenters. The van der Waals surface area contributed by atoms with E-state index in [1.807, 2.05) is 0 Å². The number of methoxy groups -OCH3 is 1. The van der Waals surface area contributed by atoms with Gasteiger partial charge in [-0.05, 0) is 25.7 Å². The van der Waals surface area contributed by atoms with Gasteiger partial charge in [-0.15, -0.1) is 0 Å². The van der Waals surface area contributed by atoms with Gasteiger partial charge in [0.1, 0.15) is 0 Å². The fourth-order valence-corrected chi connectivity index (χ4v) is 4.51. The van der Waals surface area contributed by atoms with Crippen molar-refractivity contribution < 1.29 is 23.1 Å². The van der Waals surface area contributed by atoms with Crippen molar-refractivity contribution in [2.45, 2.75) is 50.7 Å². The lowest BCUT2D eigenvalue weighted by Crippen LogP contribution is -2.52. The van der Waals surface area contributed by atoms with Crippen molar-refractivity contribution in [2.24, 2.45) is 5.92 Å². The Morgan fingerprint density at radius 1 is 1.19 bits per heavy atom. The smallest absolute Gasteiger partial charge is 0.308 e. The number of nitrogens with one attached hydrogen (secondary N) is 1. The average molecular weight is 320 g/mol. The van der Waals surface area contributed by atoms with E-state index in [4.69, 9.17) is 4.74 Å². The van der Waals surface area contributed by atoms with Gasteiger partial charge in [-0.2, -0.15) is 17.4 Å². The Hall–Kier alpha value is -0.700. The summed E-state index contributed by atoms with van der Waals surface area (Å²) in [5.74, 6) is -0.496. The topological polar surface area (TPSA) is 95.9 Å². The van der Waals surface area contributed by atoms with E-state index in [2.05, 4.69) is 4.72 Å². The number of aliphatic hydroxyl groups is 1. The van der Waals surface area contributed by atoms with Crippen LogP contribution in [0.4, 0.5) is 0 Å². The molecule has 2 N–H and O–H groups in total. The first-order chi connectivity index (χ1) is 9.94. The molecule has 0 bridgehead atoms. The summed E-state index contributed by atoms with van der Waals surface area (Å²) in [7, 11) is -2.26. The highest BCUT2D eigenvalue weighted by Crippen LogP contribution is 2.23. The molecule has 1 aliphatic heterocycles. The van der Waals surface area contributed by atoms with Crippen molar-refractivity contribution in [1.29, 1.82) is 0 Å². The van der Waals surface area contributed by atoms with Crippen LogP contribution in [0.15, 0.2) is 0 Å². The van der Waals surface area contributed by atoms with Crippen LogP contribution in [0.5, 0.6) is 0 Å². The second kappa shape index (κ2) is 7.04. The molecule has 1 heterocycles. The number of carbonyl (C=O) groups is 1. The third-order valence-corrected chi connectivity index (χ3v) is 6.00. The molecule has 1 saturated carbocycles. The second-order valence-corrected chi connectivity index (χ2v) is 7.48. The van der Waals surface area contributed by atoms with Crippen molar-refractivity contribution >= 4 is 16.2 Å². The van der Waals surface area contributed by atoms with Crippen molar-refractivity contribution in [2.75, 3.05) is 20.2 Å². The van der Waals surface area contributed by atoms with Gasteiger partial charge in [-0.1, -0.05) is 12.8 Å². The Morgan fingerprint density at radius 2 is 1.81 bits per heavy atom. The van der Waals surface area contributed by atoms with Crippen LogP contribution in [0.3, 0.4) is 0 Å². The third-order valence-electron chi connectivity index (χ3n) is 4.36. The van der Waals surface area contributed by atoms with Crippen molar-refractivity contribution in [3.05, 3.63) is 0 Å². The van der Waals surface area contributed by atoms with Gasteiger partial charge >= 0.3 is 5.97 Å². The minimum absolute atomic E-state index is 0.221. The van der Waals surface area contributed by atoms with Gasteiger partial charge in [0.15, 0.2) is 0 Å². The zero-order valence-corrected chi connectivity index (χ0v) is 13.1. The SMILES string of the molecule is COC(=O)C1CCN(S(=O)(=O)N[C@H]2CCCC[C@@H]2O)CC1. The average Bonchev–Trinajstić information content (AvgIpc) is 2.49. The molecule has 122 valence electrons. The first-order valence-corrected chi connectivity index (χ1v) is 8.91. The monoisotopic (exact) mass is 320 g/mol. The highest BCUT2D eigenvalue weighted by Gasteiger charge is 2.34. The van der Waals surface area contributed by atoms with Gasteiger partial charge in [0.2, 0.25) is 0 Å². The largest absolute Gasteiger partial charge is 0.469 e. The van der Waals surface area contributed by atoms with Crippen LogP contribution in [0.1, 0.15) is 38.5 Å². The van der Waals surface area contributed by atoms with Gasteiger partial charge in [-0.3, -0.25) is 4.79 Å². The maximum atomic E-state index is 12.3. The van der Waals surface area contributed by atoms with Crippen molar-refractivity contribution in [1.82, 2.24) is 9.03 Å². The number of rotatable bonds is 4. The minimum atomic E-state index is -3.60. The lowest BCUT2D eigenvalue weighted by molar-refractivity contribution is -0.146. The third kappa shape index (κ3) is 4.15. The first-order valence-electron chi connectivity index (χ1n) is 7.47. The number of hydrogen-bond acceptors (Lipinski definition) is 5. The second-order valence-electron chi connectivity index (χ2n) is 5.78. The predicted octanol–water partition coefficient (Wildman–Crippen LogP) is 0.00930. The van der Waals surface area contributed by atoms with E-state index in [1.54, 1.807) is 0 Å². The molecule has 7 nitrogen and oxygen atoms in total. The molecular weight excluding hydrogens is 296 g/mol. The molecule has 2 aliphatic rings. The van der Waals surface area contributed by atoms with E-state index in [-0.39, 0.29) is 11.9 Å². The molecule has 8 heteroatoms. The van der Waals surface area contributed by atoms with Crippen LogP contribution >= 0.6 is 0 Å². The molecule has 2 atom stereocenters. The number of nitrogens with zero attached hydrogens (tertiary/aromatic N) is 1. The number of ether oxygens (including phenoxy) is 1. The molecule has 1 saturated heterocycles. The van der Waals surface area contributed by atoms with Gasteiger partial charge in [-0.25, -0.2) is 0 Å². The molecule has 0 amide bonds. The van der Waals surface area contributed by atoms with E-state index in [0.29, 0.717) is 38.8 Å². The van der Waals surface area contributed by atoms with Gasteiger partial charge in [0.25, 0.3) is 10.2 Å². The Balaban J connectivity index is 1.90. The number of hydrogen-bond donors (Lipinski definition) is 2. The number of carbonyl (C=O) groups excluding carboxylic acids is 1. The van der Waals surface area contributed by atoms with Gasteiger partial charge in [0, 0.05) is 19.1 Å². The highest BCUT2D eigenvalue weighted by molar-refractivity contribution is 7.87. The van der Waals surface area contributed by atoms with Crippen molar-refractivity contribution in [3.63, 3.8) is 0 Å². The minimum Gasteiger partial charge on any atom is -0.469 e. The molecule has 2 rings (SSSR count). The van der Waals surface area contributed by atoms with E-state index >= 15 is 0 Å². The van der Waals surface area contributed by atoms with Gasteiger partial charge in [0.05, 0.1) is 19.1 Å². The molecule has 21 heavy (non-hydrogen) atoms. The van der Waals surface area contributed by atoms with Gasteiger partial charge < -0.3 is 9.84 Å². The highest BCUT2D eigenvalue weighted by atomic mass is 32.2. The molecular formula is C13H24N2O5S. The van der Waals surface area contributed by atoms with Crippen LogP contribution in [0.25, 0.3) is 0 Å². The molecule has 2 fully saturated rings. The summed E-state index contributed by atoms with van der Waals surface area (Å²) < 4.78 is 33.3.